The number of carboxylic acids is 2. The first-order valence-electron chi connectivity index (χ1n) is 5.87. The van der Waals surface area contributed by atoms with E-state index >= 15 is 0 Å². The Balaban J connectivity index is 2.54. The van der Waals surface area contributed by atoms with Crippen LogP contribution in [0.4, 0.5) is 5.69 Å². The third-order valence-electron chi connectivity index (χ3n) is 3.32. The second-order valence-corrected chi connectivity index (χ2v) is 4.47. The van der Waals surface area contributed by atoms with Crippen molar-refractivity contribution in [2.24, 2.45) is 0 Å². The minimum atomic E-state index is -1.09. The summed E-state index contributed by atoms with van der Waals surface area (Å²) in [6.07, 6.45) is 2.11. The minimum absolute atomic E-state index is 0.0665. The molecule has 0 amide bonds. The van der Waals surface area contributed by atoms with Crippen LogP contribution in [0.5, 0.6) is 0 Å². The topological polar surface area (TPSA) is 77.8 Å². The van der Waals surface area contributed by atoms with Gasteiger partial charge in [0.15, 0.2) is 0 Å². The second kappa shape index (κ2) is 4.68. The molecule has 1 aromatic rings. The summed E-state index contributed by atoms with van der Waals surface area (Å²) in [4.78, 5) is 24.3. The van der Waals surface area contributed by atoms with Crippen molar-refractivity contribution in [3.63, 3.8) is 0 Å². The van der Waals surface area contributed by atoms with Gasteiger partial charge in [0.2, 0.25) is 0 Å². The highest BCUT2D eigenvalue weighted by Crippen LogP contribution is 2.26. The maximum atomic E-state index is 11.2. The summed E-state index contributed by atoms with van der Waals surface area (Å²) in [5, 5.41) is 18.3. The van der Waals surface area contributed by atoms with Gasteiger partial charge in [-0.25, -0.2) is 9.59 Å². The van der Waals surface area contributed by atoms with Gasteiger partial charge in [0.05, 0.1) is 11.1 Å². The van der Waals surface area contributed by atoms with Crippen molar-refractivity contribution in [3.05, 3.63) is 28.8 Å². The zero-order valence-corrected chi connectivity index (χ0v) is 10.1. The van der Waals surface area contributed by atoms with Gasteiger partial charge in [0, 0.05) is 18.8 Å². The molecule has 0 bridgehead atoms. The summed E-state index contributed by atoms with van der Waals surface area (Å²) in [6, 6.07) is 3.13. The first kappa shape index (κ1) is 12.4. The Hall–Kier alpha value is -2.04. The van der Waals surface area contributed by atoms with Crippen LogP contribution in [0.25, 0.3) is 0 Å². The van der Waals surface area contributed by atoms with E-state index in [-0.39, 0.29) is 11.1 Å². The standard InChI is InChI=1S/C13H15NO4/c1-8-10(12(15)16)6-9(7-11(8)13(17)18)14-4-2-3-5-14/h6-7H,2-5H2,1H3,(H,15,16)(H,17,18). The van der Waals surface area contributed by atoms with Gasteiger partial charge in [0.1, 0.15) is 0 Å². The third-order valence-corrected chi connectivity index (χ3v) is 3.32. The molecule has 5 heteroatoms. The highest BCUT2D eigenvalue weighted by Gasteiger charge is 2.20. The maximum Gasteiger partial charge on any atom is 0.336 e. The van der Waals surface area contributed by atoms with Crippen molar-refractivity contribution < 1.29 is 19.8 Å². The average molecular weight is 249 g/mol. The van der Waals surface area contributed by atoms with Crippen molar-refractivity contribution in [2.45, 2.75) is 19.8 Å². The lowest BCUT2D eigenvalue weighted by molar-refractivity contribution is 0.0696. The number of anilines is 1. The lowest BCUT2D eigenvalue weighted by Gasteiger charge is -2.19. The molecular weight excluding hydrogens is 234 g/mol. The smallest absolute Gasteiger partial charge is 0.336 e. The number of carboxylic acid groups (broad SMARTS) is 2. The molecule has 1 saturated heterocycles. The average Bonchev–Trinajstić information content (AvgIpc) is 2.82. The van der Waals surface area contributed by atoms with Gasteiger partial charge in [-0.1, -0.05) is 0 Å². The summed E-state index contributed by atoms with van der Waals surface area (Å²) in [6.45, 7) is 3.23. The van der Waals surface area contributed by atoms with E-state index in [1.807, 2.05) is 4.90 Å². The first-order valence-corrected chi connectivity index (χ1v) is 5.87. The van der Waals surface area contributed by atoms with E-state index in [0.717, 1.165) is 25.9 Å². The molecule has 96 valence electrons. The summed E-state index contributed by atoms with van der Waals surface area (Å²) in [5.74, 6) is -2.17. The number of benzene rings is 1. The molecule has 0 atom stereocenters. The SMILES string of the molecule is Cc1c(C(=O)O)cc(N2CCCC2)cc1C(=O)O. The van der Waals surface area contributed by atoms with Crippen molar-refractivity contribution in [2.75, 3.05) is 18.0 Å². The van der Waals surface area contributed by atoms with Crippen molar-refractivity contribution in [1.82, 2.24) is 0 Å². The lowest BCUT2D eigenvalue weighted by Crippen LogP contribution is -2.19. The van der Waals surface area contributed by atoms with Crippen molar-refractivity contribution >= 4 is 17.6 Å². The molecule has 1 heterocycles. The van der Waals surface area contributed by atoms with Gasteiger partial charge < -0.3 is 15.1 Å². The Morgan fingerprint density at radius 1 is 1.06 bits per heavy atom. The Morgan fingerprint density at radius 2 is 1.50 bits per heavy atom. The predicted octanol–water partition coefficient (Wildman–Crippen LogP) is 1.99. The number of carbonyl (C=O) groups is 2. The molecule has 0 aliphatic carbocycles. The maximum absolute atomic E-state index is 11.2. The molecule has 0 radical (unpaired) electrons. The van der Waals surface area contributed by atoms with E-state index in [0.29, 0.717) is 11.3 Å². The molecule has 1 aromatic carbocycles. The monoisotopic (exact) mass is 249 g/mol. The molecule has 18 heavy (non-hydrogen) atoms. The number of rotatable bonds is 3. The van der Waals surface area contributed by atoms with Crippen LogP contribution in [-0.4, -0.2) is 35.2 Å². The highest BCUT2D eigenvalue weighted by atomic mass is 16.4. The van der Waals surface area contributed by atoms with E-state index in [1.165, 1.54) is 6.92 Å². The zero-order chi connectivity index (χ0) is 13.3. The molecule has 0 aromatic heterocycles. The summed E-state index contributed by atoms with van der Waals surface area (Å²) < 4.78 is 0. The Labute approximate surface area is 105 Å². The van der Waals surface area contributed by atoms with E-state index in [2.05, 4.69) is 0 Å². The molecule has 2 rings (SSSR count). The van der Waals surface area contributed by atoms with Crippen LogP contribution in [0.15, 0.2) is 12.1 Å². The van der Waals surface area contributed by atoms with E-state index in [1.54, 1.807) is 12.1 Å². The summed E-state index contributed by atoms with van der Waals surface area (Å²) >= 11 is 0. The minimum Gasteiger partial charge on any atom is -0.478 e. The van der Waals surface area contributed by atoms with Crippen LogP contribution in [0, 0.1) is 6.92 Å². The number of hydrogen-bond donors (Lipinski definition) is 2. The van der Waals surface area contributed by atoms with E-state index in [4.69, 9.17) is 10.2 Å². The predicted molar refractivity (Wildman–Crippen MR) is 66.5 cm³/mol. The van der Waals surface area contributed by atoms with Crippen LogP contribution < -0.4 is 4.90 Å². The molecule has 0 saturated carbocycles. The van der Waals surface area contributed by atoms with Crippen molar-refractivity contribution in [3.8, 4) is 0 Å². The number of aromatic carboxylic acids is 2. The quantitative estimate of drug-likeness (QED) is 0.856. The molecule has 1 aliphatic heterocycles. The largest absolute Gasteiger partial charge is 0.478 e. The Bertz CT molecular complexity index is 469. The third kappa shape index (κ3) is 2.16. The zero-order valence-electron chi connectivity index (χ0n) is 10.1. The van der Waals surface area contributed by atoms with Crippen LogP contribution in [0.2, 0.25) is 0 Å². The Kier molecular flexibility index (Phi) is 3.23. The summed E-state index contributed by atoms with van der Waals surface area (Å²) in [7, 11) is 0. The lowest BCUT2D eigenvalue weighted by atomic mass is 10.0. The number of nitrogens with zero attached hydrogens (tertiary/aromatic N) is 1. The van der Waals surface area contributed by atoms with Crippen LogP contribution >= 0.6 is 0 Å². The van der Waals surface area contributed by atoms with Crippen LogP contribution in [0.3, 0.4) is 0 Å². The first-order chi connectivity index (χ1) is 8.50. The van der Waals surface area contributed by atoms with Crippen LogP contribution in [0.1, 0.15) is 39.1 Å². The second-order valence-electron chi connectivity index (χ2n) is 4.47. The van der Waals surface area contributed by atoms with Crippen molar-refractivity contribution in [1.29, 1.82) is 0 Å². The molecule has 1 fully saturated rings. The van der Waals surface area contributed by atoms with Crippen LogP contribution in [-0.2, 0) is 0 Å². The van der Waals surface area contributed by atoms with Gasteiger partial charge in [-0.05, 0) is 37.5 Å². The molecule has 0 spiro atoms. The molecule has 1 aliphatic rings. The highest BCUT2D eigenvalue weighted by molar-refractivity contribution is 5.98. The number of hydrogen-bond acceptors (Lipinski definition) is 3. The summed E-state index contributed by atoms with van der Waals surface area (Å²) in [5.41, 5.74) is 1.12. The van der Waals surface area contributed by atoms with Gasteiger partial charge in [-0.15, -0.1) is 0 Å². The molecular formula is C13H15NO4. The van der Waals surface area contributed by atoms with E-state index < -0.39 is 11.9 Å². The van der Waals surface area contributed by atoms with Gasteiger partial charge in [-0.3, -0.25) is 0 Å². The Morgan fingerprint density at radius 3 is 1.89 bits per heavy atom. The molecule has 2 N–H and O–H groups in total. The fraction of sp³-hybridized carbons (Fsp3) is 0.385. The van der Waals surface area contributed by atoms with Gasteiger partial charge in [-0.2, -0.15) is 0 Å². The molecule has 0 unspecified atom stereocenters. The van der Waals surface area contributed by atoms with E-state index in [9.17, 15) is 9.59 Å². The fourth-order valence-corrected chi connectivity index (χ4v) is 2.30. The fourth-order valence-electron chi connectivity index (χ4n) is 2.30. The normalized spacial score (nSPS) is 14.8. The van der Waals surface area contributed by atoms with Gasteiger partial charge in [0.25, 0.3) is 0 Å². The molecule has 5 nitrogen and oxygen atoms in total. The van der Waals surface area contributed by atoms with Gasteiger partial charge >= 0.3 is 11.9 Å².